The molecule has 4 N–H and O–H groups in total. The second kappa shape index (κ2) is 7.63. The Balaban J connectivity index is 1.88. The molecule has 1 aromatic heterocycles. The third-order valence-electron chi connectivity index (χ3n) is 4.00. The molecule has 0 unspecified atom stereocenters. The number of halogens is 1. The molecule has 3 amide bonds. The van der Waals surface area contributed by atoms with Gasteiger partial charge in [0.1, 0.15) is 5.82 Å². The van der Waals surface area contributed by atoms with Crippen molar-refractivity contribution in [2.24, 2.45) is 12.8 Å². The first kappa shape index (κ1) is 18.7. The van der Waals surface area contributed by atoms with Gasteiger partial charge in [-0.3, -0.25) is 9.48 Å². The number of benzene rings is 2. The molecule has 0 saturated carbocycles. The Bertz CT molecular complexity index is 994. The van der Waals surface area contributed by atoms with Gasteiger partial charge in [-0.2, -0.15) is 5.10 Å². The van der Waals surface area contributed by atoms with Gasteiger partial charge in [-0.1, -0.05) is 28.1 Å². The summed E-state index contributed by atoms with van der Waals surface area (Å²) in [5.41, 5.74) is 8.69. The fourth-order valence-electron chi connectivity index (χ4n) is 2.79. The van der Waals surface area contributed by atoms with Gasteiger partial charge in [0.25, 0.3) is 5.91 Å². The van der Waals surface area contributed by atoms with Gasteiger partial charge in [0.15, 0.2) is 0 Å². The maximum atomic E-state index is 12.7. The molecule has 0 aliphatic rings. The van der Waals surface area contributed by atoms with Gasteiger partial charge in [0.05, 0.1) is 5.69 Å². The summed E-state index contributed by atoms with van der Waals surface area (Å²) in [6, 6.07) is 13.6. The minimum absolute atomic E-state index is 0.276. The van der Waals surface area contributed by atoms with E-state index in [1.54, 1.807) is 36.0 Å². The zero-order valence-corrected chi connectivity index (χ0v) is 16.4. The SMILES string of the molecule is Cc1nn(C)c(NC(=O)c2ccc(NC(N)=O)cc2)c1-c1ccc(Br)cc1. The number of carbonyl (C=O) groups excluding carboxylic acids is 2. The summed E-state index contributed by atoms with van der Waals surface area (Å²) in [7, 11) is 1.78. The van der Waals surface area contributed by atoms with Crippen LogP contribution in [0.1, 0.15) is 16.1 Å². The summed E-state index contributed by atoms with van der Waals surface area (Å²) >= 11 is 3.43. The van der Waals surface area contributed by atoms with Crippen LogP contribution in [0.25, 0.3) is 11.1 Å². The number of nitrogens with one attached hydrogen (secondary N) is 2. The number of nitrogens with two attached hydrogens (primary N) is 1. The number of urea groups is 1. The Morgan fingerprint density at radius 1 is 1.04 bits per heavy atom. The highest BCUT2D eigenvalue weighted by molar-refractivity contribution is 9.10. The van der Waals surface area contributed by atoms with E-state index in [4.69, 9.17) is 5.73 Å². The number of hydrogen-bond donors (Lipinski definition) is 3. The van der Waals surface area contributed by atoms with Crippen molar-refractivity contribution in [1.29, 1.82) is 0 Å². The minimum Gasteiger partial charge on any atom is -0.351 e. The van der Waals surface area contributed by atoms with E-state index < -0.39 is 6.03 Å². The summed E-state index contributed by atoms with van der Waals surface area (Å²) < 4.78 is 2.62. The number of aryl methyl sites for hydroxylation is 2. The number of carbonyl (C=O) groups is 2. The summed E-state index contributed by atoms with van der Waals surface area (Å²) in [6.07, 6.45) is 0. The van der Waals surface area contributed by atoms with E-state index in [1.165, 1.54) is 0 Å². The second-order valence-electron chi connectivity index (χ2n) is 5.96. The van der Waals surface area contributed by atoms with Crippen LogP contribution in [0.15, 0.2) is 53.0 Å². The molecule has 0 spiro atoms. The third kappa shape index (κ3) is 4.17. The number of amides is 3. The van der Waals surface area contributed by atoms with E-state index in [2.05, 4.69) is 31.7 Å². The topological polar surface area (TPSA) is 102 Å². The molecule has 3 rings (SSSR count). The van der Waals surface area contributed by atoms with Crippen LogP contribution in [0.5, 0.6) is 0 Å². The number of primary amides is 1. The predicted molar refractivity (Wildman–Crippen MR) is 109 cm³/mol. The molecule has 0 radical (unpaired) electrons. The first-order valence-electron chi connectivity index (χ1n) is 8.12. The molecule has 3 aromatic rings. The third-order valence-corrected chi connectivity index (χ3v) is 4.53. The van der Waals surface area contributed by atoms with Crippen LogP contribution in [0.4, 0.5) is 16.3 Å². The molecular formula is C19H18BrN5O2. The molecule has 0 saturated heterocycles. The lowest BCUT2D eigenvalue weighted by molar-refractivity contribution is 0.102. The molecule has 0 bridgehead atoms. The summed E-state index contributed by atoms with van der Waals surface area (Å²) in [5.74, 6) is 0.334. The average Bonchev–Trinajstić information content (AvgIpc) is 2.89. The molecule has 8 heteroatoms. The van der Waals surface area contributed by atoms with Crippen molar-refractivity contribution in [3.63, 3.8) is 0 Å². The van der Waals surface area contributed by atoms with Gasteiger partial charge in [-0.05, 0) is 48.9 Å². The molecule has 0 aliphatic carbocycles. The normalized spacial score (nSPS) is 10.5. The second-order valence-corrected chi connectivity index (χ2v) is 6.88. The maximum Gasteiger partial charge on any atom is 0.316 e. The number of hydrogen-bond acceptors (Lipinski definition) is 3. The zero-order valence-electron chi connectivity index (χ0n) is 14.8. The van der Waals surface area contributed by atoms with Crippen LogP contribution in [-0.4, -0.2) is 21.7 Å². The smallest absolute Gasteiger partial charge is 0.316 e. The lowest BCUT2D eigenvalue weighted by atomic mass is 10.1. The van der Waals surface area contributed by atoms with Gasteiger partial charge in [0, 0.05) is 28.3 Å². The quantitative estimate of drug-likeness (QED) is 0.587. The van der Waals surface area contributed by atoms with Crippen LogP contribution < -0.4 is 16.4 Å². The molecule has 0 fully saturated rings. The Morgan fingerprint density at radius 3 is 2.26 bits per heavy atom. The van der Waals surface area contributed by atoms with Crippen molar-refractivity contribution in [3.05, 3.63) is 64.3 Å². The first-order valence-corrected chi connectivity index (χ1v) is 8.92. The average molecular weight is 428 g/mol. The van der Waals surface area contributed by atoms with Gasteiger partial charge in [-0.25, -0.2) is 4.79 Å². The van der Waals surface area contributed by atoms with Gasteiger partial charge < -0.3 is 16.4 Å². The van der Waals surface area contributed by atoms with E-state index >= 15 is 0 Å². The Hall–Kier alpha value is -3.13. The van der Waals surface area contributed by atoms with Crippen LogP contribution in [0.3, 0.4) is 0 Å². The lowest BCUT2D eigenvalue weighted by Gasteiger charge is -2.10. The zero-order chi connectivity index (χ0) is 19.6. The van der Waals surface area contributed by atoms with Crippen LogP contribution in [-0.2, 0) is 7.05 Å². The molecule has 1 heterocycles. The molecule has 0 aliphatic heterocycles. The molecule has 138 valence electrons. The van der Waals surface area contributed by atoms with E-state index in [0.29, 0.717) is 17.1 Å². The van der Waals surface area contributed by atoms with E-state index in [0.717, 1.165) is 21.3 Å². The fraction of sp³-hybridized carbons (Fsp3) is 0.105. The van der Waals surface area contributed by atoms with Gasteiger partial charge in [-0.15, -0.1) is 0 Å². The molecule has 7 nitrogen and oxygen atoms in total. The monoisotopic (exact) mass is 427 g/mol. The highest BCUT2D eigenvalue weighted by Crippen LogP contribution is 2.32. The number of aromatic nitrogens is 2. The fourth-order valence-corrected chi connectivity index (χ4v) is 3.05. The van der Waals surface area contributed by atoms with Crippen molar-refractivity contribution in [3.8, 4) is 11.1 Å². The summed E-state index contributed by atoms with van der Waals surface area (Å²) in [5, 5.41) is 9.82. The number of anilines is 2. The van der Waals surface area contributed by atoms with Crippen LogP contribution >= 0.6 is 15.9 Å². The molecular weight excluding hydrogens is 410 g/mol. The lowest BCUT2D eigenvalue weighted by Crippen LogP contribution is -2.19. The van der Waals surface area contributed by atoms with Gasteiger partial charge >= 0.3 is 6.03 Å². The highest BCUT2D eigenvalue weighted by Gasteiger charge is 2.18. The Morgan fingerprint density at radius 2 is 1.67 bits per heavy atom. The highest BCUT2D eigenvalue weighted by atomic mass is 79.9. The van der Waals surface area contributed by atoms with Crippen molar-refractivity contribution in [2.45, 2.75) is 6.92 Å². The standard InChI is InChI=1S/C19H18BrN5O2/c1-11-16(12-3-7-14(20)8-4-12)17(25(2)24-11)23-18(26)13-5-9-15(10-6-13)22-19(21)27/h3-10H,1-2H3,(H,23,26)(H3,21,22,27). The van der Waals surface area contributed by atoms with Crippen molar-refractivity contribution in [2.75, 3.05) is 10.6 Å². The largest absolute Gasteiger partial charge is 0.351 e. The molecule has 2 aromatic carbocycles. The van der Waals surface area contributed by atoms with Gasteiger partial charge in [0.2, 0.25) is 0 Å². The van der Waals surface area contributed by atoms with E-state index in [9.17, 15) is 9.59 Å². The van der Waals surface area contributed by atoms with Crippen molar-refractivity contribution >= 4 is 39.4 Å². The number of rotatable bonds is 4. The Labute approximate surface area is 164 Å². The maximum absolute atomic E-state index is 12.7. The Kier molecular flexibility index (Phi) is 5.27. The van der Waals surface area contributed by atoms with Crippen molar-refractivity contribution in [1.82, 2.24) is 9.78 Å². The molecule has 0 atom stereocenters. The van der Waals surface area contributed by atoms with Crippen LogP contribution in [0.2, 0.25) is 0 Å². The molecule has 27 heavy (non-hydrogen) atoms. The van der Waals surface area contributed by atoms with Crippen LogP contribution in [0, 0.1) is 6.92 Å². The predicted octanol–water partition coefficient (Wildman–Crippen LogP) is 3.90. The van der Waals surface area contributed by atoms with E-state index in [-0.39, 0.29) is 5.91 Å². The minimum atomic E-state index is -0.656. The summed E-state index contributed by atoms with van der Waals surface area (Å²) in [6.45, 7) is 1.90. The van der Waals surface area contributed by atoms with E-state index in [1.807, 2.05) is 31.2 Å². The van der Waals surface area contributed by atoms with Crippen molar-refractivity contribution < 1.29 is 9.59 Å². The first-order chi connectivity index (χ1) is 12.8. The summed E-state index contributed by atoms with van der Waals surface area (Å²) in [4.78, 5) is 23.6. The number of nitrogens with zero attached hydrogens (tertiary/aromatic N) is 2.